The number of halogens is 2. The molecule has 10 heteroatoms. The van der Waals surface area contributed by atoms with Gasteiger partial charge in [-0.1, -0.05) is 11.6 Å². The molecule has 0 spiro atoms. The highest BCUT2D eigenvalue weighted by Gasteiger charge is 2.23. The Kier molecular flexibility index (Phi) is 5.26. The molecule has 0 aliphatic rings. The topological polar surface area (TPSA) is 127 Å². The van der Waals surface area contributed by atoms with Crippen LogP contribution in [0.3, 0.4) is 0 Å². The van der Waals surface area contributed by atoms with E-state index < -0.39 is 49.2 Å². The molecule has 1 aromatic carbocycles. The molecule has 4 N–H and O–H groups in total. The van der Waals surface area contributed by atoms with E-state index in [2.05, 4.69) is 4.72 Å². The van der Waals surface area contributed by atoms with E-state index in [9.17, 15) is 22.4 Å². The smallest absolute Gasteiger partial charge is 0.337 e. The lowest BCUT2D eigenvalue weighted by atomic mass is 10.2. The number of benzene rings is 1. The largest absolute Gasteiger partial charge is 0.478 e. The fourth-order valence-corrected chi connectivity index (χ4v) is 3.02. The number of sulfonamides is 1. The fraction of sp³-hybridized carbons (Fsp3) is 0.273. The maximum Gasteiger partial charge on any atom is 0.337 e. The minimum absolute atomic E-state index is 0.263. The Bertz CT molecular complexity index is 692. The highest BCUT2D eigenvalue weighted by atomic mass is 35.5. The molecular weight excluding hydrogens is 327 g/mol. The van der Waals surface area contributed by atoms with Crippen molar-refractivity contribution in [2.45, 2.75) is 24.3 Å². The van der Waals surface area contributed by atoms with E-state index in [1.54, 1.807) is 0 Å². The van der Waals surface area contributed by atoms with Gasteiger partial charge in [0.25, 0.3) is 0 Å². The van der Waals surface area contributed by atoms with Crippen molar-refractivity contribution in [1.82, 2.24) is 4.72 Å². The molecule has 7 nitrogen and oxygen atoms in total. The molecule has 1 unspecified atom stereocenters. The number of rotatable bonds is 6. The normalized spacial score (nSPS) is 12.9. The minimum Gasteiger partial charge on any atom is -0.478 e. The molecule has 0 aromatic heterocycles. The molecule has 0 saturated carbocycles. The molecule has 0 fully saturated rings. The second-order valence-electron chi connectivity index (χ2n) is 4.26. The van der Waals surface area contributed by atoms with Gasteiger partial charge in [0.2, 0.25) is 15.9 Å². The first-order valence-corrected chi connectivity index (χ1v) is 7.43. The highest BCUT2D eigenvalue weighted by Crippen LogP contribution is 2.24. The van der Waals surface area contributed by atoms with Crippen molar-refractivity contribution in [1.29, 1.82) is 0 Å². The molecule has 1 amide bonds. The lowest BCUT2D eigenvalue weighted by Gasteiger charge is -2.13. The van der Waals surface area contributed by atoms with Crippen molar-refractivity contribution < 1.29 is 27.5 Å². The van der Waals surface area contributed by atoms with Crippen molar-refractivity contribution in [2.75, 3.05) is 0 Å². The molecule has 1 aromatic rings. The maximum absolute atomic E-state index is 13.5. The van der Waals surface area contributed by atoms with Crippen LogP contribution in [0.5, 0.6) is 0 Å². The Balaban J connectivity index is 3.20. The SMILES string of the molecule is CC(CC(N)=O)NS(=O)(=O)c1cc(F)c(Cl)c(C(=O)O)c1. The minimum atomic E-state index is -4.22. The Hall–Kier alpha value is -1.71. The predicted molar refractivity (Wildman–Crippen MR) is 72.0 cm³/mol. The molecule has 0 radical (unpaired) electrons. The molecule has 0 aliphatic heterocycles. The van der Waals surface area contributed by atoms with Gasteiger partial charge in [0.05, 0.1) is 15.5 Å². The van der Waals surface area contributed by atoms with Crippen molar-refractivity contribution in [2.24, 2.45) is 5.73 Å². The van der Waals surface area contributed by atoms with Gasteiger partial charge in [-0.2, -0.15) is 0 Å². The molecular formula is C11H12ClFN2O5S. The van der Waals surface area contributed by atoms with Crippen LogP contribution in [0.15, 0.2) is 17.0 Å². The molecule has 0 bridgehead atoms. The van der Waals surface area contributed by atoms with E-state index in [0.717, 1.165) is 6.07 Å². The third-order valence-corrected chi connectivity index (χ3v) is 4.36. The van der Waals surface area contributed by atoms with Crippen molar-refractivity contribution in [3.05, 3.63) is 28.5 Å². The summed E-state index contributed by atoms with van der Waals surface area (Å²) in [6, 6.07) is 0.487. The van der Waals surface area contributed by atoms with Crippen molar-refractivity contribution in [3.63, 3.8) is 0 Å². The third kappa shape index (κ3) is 4.38. The van der Waals surface area contributed by atoms with Crippen LogP contribution < -0.4 is 10.5 Å². The number of nitrogens with one attached hydrogen (secondary N) is 1. The number of hydrogen-bond donors (Lipinski definition) is 3. The summed E-state index contributed by atoms with van der Waals surface area (Å²) in [6.45, 7) is 1.38. The number of carbonyl (C=O) groups is 2. The van der Waals surface area contributed by atoms with E-state index in [-0.39, 0.29) is 6.42 Å². The number of carboxylic acids is 1. The van der Waals surface area contributed by atoms with Gasteiger partial charge in [0, 0.05) is 12.5 Å². The number of hydrogen-bond acceptors (Lipinski definition) is 4. The number of amides is 1. The Labute approximate surface area is 124 Å². The molecule has 0 heterocycles. The molecule has 0 aliphatic carbocycles. The summed E-state index contributed by atoms with van der Waals surface area (Å²) in [5.41, 5.74) is 4.25. The summed E-state index contributed by atoms with van der Waals surface area (Å²) in [5, 5.41) is 8.17. The summed E-state index contributed by atoms with van der Waals surface area (Å²) in [7, 11) is -4.22. The van der Waals surface area contributed by atoms with E-state index in [4.69, 9.17) is 22.4 Å². The molecule has 116 valence electrons. The van der Waals surface area contributed by atoms with E-state index in [0.29, 0.717) is 6.07 Å². The number of aromatic carboxylic acids is 1. The van der Waals surface area contributed by atoms with Crippen LogP contribution in [-0.4, -0.2) is 31.4 Å². The highest BCUT2D eigenvalue weighted by molar-refractivity contribution is 7.89. The summed E-state index contributed by atoms with van der Waals surface area (Å²) < 4.78 is 39.6. The maximum atomic E-state index is 13.5. The summed E-state index contributed by atoms with van der Waals surface area (Å²) in [6.07, 6.45) is -0.263. The number of carbonyl (C=O) groups excluding carboxylic acids is 1. The average Bonchev–Trinajstić information content (AvgIpc) is 2.29. The number of nitrogens with two attached hydrogens (primary N) is 1. The second kappa shape index (κ2) is 6.37. The first-order chi connectivity index (χ1) is 9.54. The predicted octanol–water partition coefficient (Wildman–Crippen LogP) is 0.719. The molecule has 1 atom stereocenters. The zero-order valence-corrected chi connectivity index (χ0v) is 12.3. The summed E-state index contributed by atoms with van der Waals surface area (Å²) in [4.78, 5) is 21.0. The Morgan fingerprint density at radius 3 is 2.52 bits per heavy atom. The zero-order valence-electron chi connectivity index (χ0n) is 10.8. The van der Waals surface area contributed by atoms with Gasteiger partial charge in [0.1, 0.15) is 5.82 Å². The van der Waals surface area contributed by atoms with E-state index in [1.807, 2.05) is 0 Å². The fourth-order valence-electron chi connectivity index (χ4n) is 1.55. The summed E-state index contributed by atoms with van der Waals surface area (Å²) in [5.74, 6) is -3.47. The number of carboxylic acid groups (broad SMARTS) is 1. The number of primary amides is 1. The lowest BCUT2D eigenvalue weighted by Crippen LogP contribution is -2.35. The van der Waals surface area contributed by atoms with Gasteiger partial charge in [-0.3, -0.25) is 4.79 Å². The molecule has 21 heavy (non-hydrogen) atoms. The molecule has 0 saturated heterocycles. The van der Waals surface area contributed by atoms with Gasteiger partial charge >= 0.3 is 5.97 Å². The van der Waals surface area contributed by atoms with Crippen LogP contribution in [-0.2, 0) is 14.8 Å². The van der Waals surface area contributed by atoms with Gasteiger partial charge in [-0.15, -0.1) is 0 Å². The van der Waals surface area contributed by atoms with Crippen LogP contribution in [0.2, 0.25) is 5.02 Å². The van der Waals surface area contributed by atoms with Crippen LogP contribution in [0, 0.1) is 5.82 Å². The van der Waals surface area contributed by atoms with Gasteiger partial charge in [-0.25, -0.2) is 22.3 Å². The van der Waals surface area contributed by atoms with Gasteiger partial charge < -0.3 is 10.8 Å². The van der Waals surface area contributed by atoms with Crippen molar-refractivity contribution >= 4 is 33.5 Å². The van der Waals surface area contributed by atoms with Crippen molar-refractivity contribution in [3.8, 4) is 0 Å². The van der Waals surface area contributed by atoms with Crippen LogP contribution in [0.25, 0.3) is 0 Å². The quantitative estimate of drug-likeness (QED) is 0.704. The van der Waals surface area contributed by atoms with E-state index in [1.165, 1.54) is 6.92 Å². The lowest BCUT2D eigenvalue weighted by molar-refractivity contribution is -0.118. The standard InChI is InChI=1S/C11H12ClFN2O5S/c1-5(2-9(14)16)15-21(19,20)6-3-7(11(17)18)10(12)8(13)4-6/h3-5,15H,2H2,1H3,(H2,14,16)(H,17,18). The first-order valence-electron chi connectivity index (χ1n) is 5.57. The third-order valence-electron chi connectivity index (χ3n) is 2.41. The van der Waals surface area contributed by atoms with Gasteiger partial charge in [0.15, 0.2) is 0 Å². The Morgan fingerprint density at radius 2 is 2.05 bits per heavy atom. The molecule has 1 rings (SSSR count). The van der Waals surface area contributed by atoms with E-state index >= 15 is 0 Å². The van der Waals surface area contributed by atoms with Crippen LogP contribution in [0.1, 0.15) is 23.7 Å². The second-order valence-corrected chi connectivity index (χ2v) is 6.36. The monoisotopic (exact) mass is 338 g/mol. The summed E-state index contributed by atoms with van der Waals surface area (Å²) >= 11 is 5.45. The Morgan fingerprint density at radius 1 is 1.48 bits per heavy atom. The average molecular weight is 339 g/mol. The van der Waals surface area contributed by atoms with Crippen LogP contribution in [0.4, 0.5) is 4.39 Å². The first kappa shape index (κ1) is 17.3. The van der Waals surface area contributed by atoms with Gasteiger partial charge in [-0.05, 0) is 19.1 Å². The van der Waals surface area contributed by atoms with Crippen LogP contribution >= 0.6 is 11.6 Å². The zero-order chi connectivity index (χ0) is 16.4.